The molecule has 0 spiro atoms. The number of ether oxygens (including phenoxy) is 1. The lowest BCUT2D eigenvalue weighted by molar-refractivity contribution is -0.138. The number of anilines is 2. The second-order valence-corrected chi connectivity index (χ2v) is 14.3. The van der Waals surface area contributed by atoms with Gasteiger partial charge in [-0.1, -0.05) is 43.3 Å². The van der Waals surface area contributed by atoms with E-state index in [1.165, 1.54) is 16.5 Å². The molecule has 1 aliphatic carbocycles. The fourth-order valence-electron chi connectivity index (χ4n) is 6.06. The molecule has 0 radical (unpaired) electrons. The van der Waals surface area contributed by atoms with Crippen LogP contribution < -0.4 is 10.2 Å². The third-order valence-corrected chi connectivity index (χ3v) is 9.22. The Labute approximate surface area is 304 Å². The summed E-state index contributed by atoms with van der Waals surface area (Å²) in [6, 6.07) is 17.9. The normalized spacial score (nSPS) is 15.9. The van der Waals surface area contributed by atoms with Crippen molar-refractivity contribution in [3.05, 3.63) is 77.7 Å². The largest absolute Gasteiger partial charge is 0.462 e. The standard InChI is InChI=1S/C35H47FN6O2.C5H10O2/c1-6-39(3)19-8-20-40(4)24-26-11-13-27(14-12-26)28-9-7-10-32(21-28)41(5)34-33(22-29(36)23-38-34)35(44)42(25-43)31-17-15-30(37-2)16-18-31;1-5(2,3)7-4-6/h7,9-14,21-23,25,30-31,37H,6,8,15-20,24H2,1-5H3;4H,1-3H3. The number of nitrogens with one attached hydrogen (secondary N) is 1. The maximum Gasteiger partial charge on any atom is 0.293 e. The molecule has 0 unspecified atom stereocenters. The van der Waals surface area contributed by atoms with Gasteiger partial charge in [0.25, 0.3) is 12.4 Å². The van der Waals surface area contributed by atoms with E-state index in [0.717, 1.165) is 68.5 Å². The Morgan fingerprint density at radius 1 is 0.961 bits per heavy atom. The van der Waals surface area contributed by atoms with Crippen LogP contribution in [0.4, 0.5) is 15.9 Å². The number of nitrogens with zero attached hydrogens (tertiary/aromatic N) is 5. The lowest BCUT2D eigenvalue weighted by atomic mass is 9.90. The van der Waals surface area contributed by atoms with Gasteiger partial charge in [0.15, 0.2) is 0 Å². The van der Waals surface area contributed by atoms with Crippen LogP contribution in [-0.2, 0) is 20.9 Å². The molecule has 3 aromatic rings. The molecule has 278 valence electrons. The summed E-state index contributed by atoms with van der Waals surface area (Å²) >= 11 is 0. The average molecular weight is 705 g/mol. The van der Waals surface area contributed by atoms with Gasteiger partial charge >= 0.3 is 0 Å². The Hall–Kier alpha value is -4.19. The van der Waals surface area contributed by atoms with Crippen molar-refractivity contribution in [3.63, 3.8) is 0 Å². The number of aromatic nitrogens is 1. The third-order valence-electron chi connectivity index (χ3n) is 9.22. The molecule has 4 rings (SSSR count). The third kappa shape index (κ3) is 12.8. The molecule has 1 N–H and O–H groups in total. The van der Waals surface area contributed by atoms with Crippen LogP contribution >= 0.6 is 0 Å². The molecule has 1 heterocycles. The second-order valence-electron chi connectivity index (χ2n) is 14.3. The summed E-state index contributed by atoms with van der Waals surface area (Å²) in [5, 5.41) is 3.27. The number of carbonyl (C=O) groups excluding carboxylic acids is 3. The second kappa shape index (κ2) is 20.0. The molecule has 10 nitrogen and oxygen atoms in total. The quantitative estimate of drug-likeness (QED) is 0.178. The molecule has 51 heavy (non-hydrogen) atoms. The van der Waals surface area contributed by atoms with Crippen molar-refractivity contribution in [1.29, 1.82) is 0 Å². The Balaban J connectivity index is 0.000000908. The maximum atomic E-state index is 14.4. The zero-order valence-corrected chi connectivity index (χ0v) is 31.7. The number of hydrogen-bond donors (Lipinski definition) is 1. The summed E-state index contributed by atoms with van der Waals surface area (Å²) in [6.07, 6.45) is 5.97. The highest BCUT2D eigenvalue weighted by Crippen LogP contribution is 2.32. The molecule has 2 aromatic carbocycles. The van der Waals surface area contributed by atoms with Crippen molar-refractivity contribution in [1.82, 2.24) is 25.0 Å². The van der Waals surface area contributed by atoms with Crippen molar-refractivity contribution < 1.29 is 23.5 Å². The van der Waals surface area contributed by atoms with Crippen molar-refractivity contribution >= 4 is 30.3 Å². The monoisotopic (exact) mass is 704 g/mol. The summed E-state index contributed by atoms with van der Waals surface area (Å²) in [6.45, 7) is 12.2. The Bertz CT molecular complexity index is 1540. The molecule has 1 fully saturated rings. The molecule has 1 aromatic heterocycles. The maximum absolute atomic E-state index is 14.4. The number of amides is 2. The number of hydrogen-bond acceptors (Lipinski definition) is 9. The smallest absolute Gasteiger partial charge is 0.293 e. The van der Waals surface area contributed by atoms with Crippen molar-refractivity contribution in [2.24, 2.45) is 0 Å². The highest BCUT2D eigenvalue weighted by Gasteiger charge is 2.31. The lowest BCUT2D eigenvalue weighted by Crippen LogP contribution is -2.44. The summed E-state index contributed by atoms with van der Waals surface area (Å²) in [4.78, 5) is 47.4. The van der Waals surface area contributed by atoms with Gasteiger partial charge < -0.3 is 24.8 Å². The van der Waals surface area contributed by atoms with E-state index in [9.17, 15) is 18.8 Å². The molecule has 0 bridgehead atoms. The van der Waals surface area contributed by atoms with Crippen LogP contribution in [0.15, 0.2) is 60.8 Å². The van der Waals surface area contributed by atoms with Gasteiger partial charge in [0.05, 0.1) is 11.8 Å². The van der Waals surface area contributed by atoms with E-state index in [0.29, 0.717) is 37.6 Å². The minimum atomic E-state index is -0.622. The highest BCUT2D eigenvalue weighted by molar-refractivity contribution is 6.04. The van der Waals surface area contributed by atoms with Crippen LogP contribution in [0.2, 0.25) is 0 Å². The summed E-state index contributed by atoms with van der Waals surface area (Å²) in [7, 11) is 8.04. The highest BCUT2D eigenvalue weighted by atomic mass is 19.1. The first-order chi connectivity index (χ1) is 24.3. The van der Waals surface area contributed by atoms with E-state index >= 15 is 0 Å². The first-order valence-electron chi connectivity index (χ1n) is 17.8. The van der Waals surface area contributed by atoms with E-state index in [1.54, 1.807) is 11.9 Å². The predicted molar refractivity (Wildman–Crippen MR) is 202 cm³/mol. The molecular weight excluding hydrogens is 647 g/mol. The number of rotatable bonds is 15. The first kappa shape index (κ1) is 41.2. The Morgan fingerprint density at radius 2 is 1.63 bits per heavy atom. The predicted octanol–water partition coefficient (Wildman–Crippen LogP) is 6.52. The van der Waals surface area contributed by atoms with Gasteiger partial charge in [-0.2, -0.15) is 0 Å². The number of imide groups is 1. The van der Waals surface area contributed by atoms with E-state index in [1.807, 2.05) is 52.1 Å². The average Bonchev–Trinajstić information content (AvgIpc) is 3.12. The zero-order chi connectivity index (χ0) is 37.6. The summed E-state index contributed by atoms with van der Waals surface area (Å²) in [5.41, 5.74) is 3.89. The Kier molecular flexibility index (Phi) is 16.2. The van der Waals surface area contributed by atoms with Crippen LogP contribution in [0.1, 0.15) is 75.7 Å². The van der Waals surface area contributed by atoms with Crippen molar-refractivity contribution in [2.45, 2.75) is 84.0 Å². The van der Waals surface area contributed by atoms with Crippen LogP contribution in [-0.4, -0.2) is 104 Å². The van der Waals surface area contributed by atoms with Crippen molar-refractivity contribution in [3.8, 4) is 11.1 Å². The fraction of sp³-hybridized carbons (Fsp3) is 0.500. The number of carbonyl (C=O) groups is 3. The van der Waals surface area contributed by atoms with Crippen LogP contribution in [0.3, 0.4) is 0 Å². The number of pyridine rings is 1. The molecule has 11 heteroatoms. The molecular formula is C40H57FN6O4. The molecule has 2 amide bonds. The van der Waals surface area contributed by atoms with Crippen LogP contribution in [0.5, 0.6) is 0 Å². The van der Waals surface area contributed by atoms with Gasteiger partial charge in [0, 0.05) is 31.4 Å². The van der Waals surface area contributed by atoms with Crippen LogP contribution in [0.25, 0.3) is 11.1 Å². The van der Waals surface area contributed by atoms with Gasteiger partial charge in [-0.25, -0.2) is 9.37 Å². The molecule has 0 atom stereocenters. The molecule has 1 saturated carbocycles. The SMILES string of the molecule is CC(C)(C)OC=O.CCN(C)CCCN(C)Cc1ccc(-c2cccc(N(C)c3ncc(F)cc3C(=O)N(C=O)C3CCC(NC)CC3)c2)cc1. The van der Waals surface area contributed by atoms with E-state index < -0.39 is 11.7 Å². The van der Waals surface area contributed by atoms with E-state index in [-0.39, 0.29) is 17.2 Å². The minimum absolute atomic E-state index is 0.0653. The minimum Gasteiger partial charge on any atom is -0.462 e. The number of halogens is 1. The van der Waals surface area contributed by atoms with Crippen LogP contribution in [0, 0.1) is 5.82 Å². The topological polar surface area (TPSA) is 98.3 Å². The molecule has 1 aliphatic rings. The van der Waals surface area contributed by atoms with Crippen molar-refractivity contribution in [2.75, 3.05) is 52.7 Å². The number of benzene rings is 2. The summed E-state index contributed by atoms with van der Waals surface area (Å²) in [5.74, 6) is -0.855. The van der Waals surface area contributed by atoms with Gasteiger partial charge in [0.1, 0.15) is 17.2 Å². The van der Waals surface area contributed by atoms with Gasteiger partial charge in [0.2, 0.25) is 6.41 Å². The van der Waals surface area contributed by atoms with E-state index in [4.69, 9.17) is 0 Å². The van der Waals surface area contributed by atoms with Gasteiger partial charge in [-0.15, -0.1) is 0 Å². The summed E-state index contributed by atoms with van der Waals surface area (Å²) < 4.78 is 19.0. The first-order valence-corrected chi connectivity index (χ1v) is 17.8. The van der Waals surface area contributed by atoms with E-state index in [2.05, 4.69) is 70.1 Å². The lowest BCUT2D eigenvalue weighted by Gasteiger charge is -2.34. The van der Waals surface area contributed by atoms with Gasteiger partial charge in [-0.3, -0.25) is 19.3 Å². The zero-order valence-electron chi connectivity index (χ0n) is 31.7. The molecule has 0 saturated heterocycles. The fourth-order valence-corrected chi connectivity index (χ4v) is 6.06. The molecule has 0 aliphatic heterocycles. The Morgan fingerprint density at radius 3 is 2.20 bits per heavy atom. The van der Waals surface area contributed by atoms with Gasteiger partial charge in [-0.05, 0) is 129 Å².